The predicted molar refractivity (Wildman–Crippen MR) is 81.4 cm³/mol. The van der Waals surface area contributed by atoms with Crippen LogP contribution in [0, 0.1) is 0 Å². The fraction of sp³-hybridized carbons (Fsp3) is 0.647. The molecule has 0 radical (unpaired) electrons. The first-order valence-electron chi connectivity index (χ1n) is 7.88. The summed E-state index contributed by atoms with van der Waals surface area (Å²) in [4.78, 5) is 0. The van der Waals surface area contributed by atoms with Gasteiger partial charge in [-0.05, 0) is 30.0 Å². The second-order valence-electron chi connectivity index (χ2n) is 6.39. The molecule has 0 bridgehead atoms. The Labute approximate surface area is 126 Å². The fourth-order valence-electron chi connectivity index (χ4n) is 3.13. The van der Waals surface area contributed by atoms with E-state index in [1.807, 2.05) is 12.1 Å². The van der Waals surface area contributed by atoms with Gasteiger partial charge in [-0.1, -0.05) is 26.0 Å². The summed E-state index contributed by atoms with van der Waals surface area (Å²) in [7, 11) is 0. The van der Waals surface area contributed by atoms with Crippen LogP contribution in [-0.2, 0) is 9.47 Å². The van der Waals surface area contributed by atoms with Crippen LogP contribution in [0.5, 0.6) is 5.75 Å². The first-order chi connectivity index (χ1) is 10.1. The van der Waals surface area contributed by atoms with Gasteiger partial charge in [0.05, 0.1) is 13.2 Å². The van der Waals surface area contributed by atoms with Crippen molar-refractivity contribution in [2.75, 3.05) is 13.2 Å². The quantitative estimate of drug-likeness (QED) is 0.930. The highest BCUT2D eigenvalue weighted by Gasteiger charge is 2.45. The molecule has 1 aliphatic carbocycles. The van der Waals surface area contributed by atoms with E-state index in [2.05, 4.69) is 26.0 Å². The summed E-state index contributed by atoms with van der Waals surface area (Å²) < 4.78 is 17.7. The zero-order valence-corrected chi connectivity index (χ0v) is 12.9. The Morgan fingerprint density at radius 3 is 2.48 bits per heavy atom. The van der Waals surface area contributed by atoms with Gasteiger partial charge in [0.15, 0.2) is 5.79 Å². The monoisotopic (exact) mass is 291 g/mol. The molecule has 1 aliphatic heterocycles. The number of rotatable bonds is 3. The molecule has 2 atom stereocenters. The minimum atomic E-state index is -0.460. The maximum atomic E-state index is 6.22. The maximum Gasteiger partial charge on any atom is 0.172 e. The molecule has 4 nitrogen and oxygen atoms in total. The average molecular weight is 291 g/mol. The highest BCUT2D eigenvalue weighted by atomic mass is 16.7. The molecule has 2 N–H and O–H groups in total. The van der Waals surface area contributed by atoms with Crippen LogP contribution in [0.2, 0.25) is 0 Å². The van der Waals surface area contributed by atoms with E-state index >= 15 is 0 Å². The third-order valence-electron chi connectivity index (χ3n) is 4.50. The molecule has 2 unspecified atom stereocenters. The Morgan fingerprint density at radius 2 is 1.86 bits per heavy atom. The van der Waals surface area contributed by atoms with Crippen molar-refractivity contribution in [3.8, 4) is 5.75 Å². The molecular formula is C17H25NO3. The van der Waals surface area contributed by atoms with Crippen molar-refractivity contribution in [3.63, 3.8) is 0 Å². The van der Waals surface area contributed by atoms with Crippen molar-refractivity contribution in [1.82, 2.24) is 0 Å². The molecule has 0 amide bonds. The lowest BCUT2D eigenvalue weighted by Gasteiger charge is -2.39. The zero-order chi connectivity index (χ0) is 14.9. The van der Waals surface area contributed by atoms with Gasteiger partial charge in [-0.3, -0.25) is 0 Å². The van der Waals surface area contributed by atoms with Gasteiger partial charge in [0.25, 0.3) is 0 Å². The lowest BCUT2D eigenvalue weighted by atomic mass is 9.88. The molecule has 2 aliphatic rings. The van der Waals surface area contributed by atoms with Crippen LogP contribution >= 0.6 is 0 Å². The molecule has 1 heterocycles. The van der Waals surface area contributed by atoms with E-state index in [4.69, 9.17) is 19.9 Å². The van der Waals surface area contributed by atoms with Crippen LogP contribution in [-0.4, -0.2) is 31.1 Å². The fourth-order valence-corrected chi connectivity index (χ4v) is 3.13. The number of hydrogen-bond acceptors (Lipinski definition) is 4. The van der Waals surface area contributed by atoms with E-state index in [-0.39, 0.29) is 12.1 Å². The predicted octanol–water partition coefficient (Wildman–Crippen LogP) is 2.81. The van der Waals surface area contributed by atoms with Crippen LogP contribution in [0.4, 0.5) is 0 Å². The van der Waals surface area contributed by atoms with E-state index in [1.165, 1.54) is 5.56 Å². The third-order valence-corrected chi connectivity index (χ3v) is 4.50. The van der Waals surface area contributed by atoms with Crippen molar-refractivity contribution < 1.29 is 14.2 Å². The summed E-state index contributed by atoms with van der Waals surface area (Å²) in [5, 5.41) is 0. The minimum Gasteiger partial charge on any atom is -0.489 e. The molecular weight excluding hydrogens is 266 g/mol. The molecule has 1 saturated heterocycles. The summed E-state index contributed by atoms with van der Waals surface area (Å²) in [6, 6.07) is 8.33. The van der Waals surface area contributed by atoms with Crippen LogP contribution in [0.3, 0.4) is 0 Å². The molecule has 1 saturated carbocycles. The standard InChI is InChI=1S/C17H25NO3/c1-12(2)13-3-5-14(6-4-13)21-16-11-17(8-7-15(16)18)19-9-10-20-17/h3-6,12,15-16H,7-11,18H2,1-2H3. The zero-order valence-electron chi connectivity index (χ0n) is 12.9. The third kappa shape index (κ3) is 3.23. The van der Waals surface area contributed by atoms with E-state index < -0.39 is 5.79 Å². The molecule has 3 rings (SSSR count). The van der Waals surface area contributed by atoms with Crippen molar-refractivity contribution in [3.05, 3.63) is 29.8 Å². The Balaban J connectivity index is 1.67. The van der Waals surface area contributed by atoms with Crippen molar-refractivity contribution in [2.45, 2.75) is 57.0 Å². The van der Waals surface area contributed by atoms with Gasteiger partial charge in [-0.15, -0.1) is 0 Å². The van der Waals surface area contributed by atoms with Gasteiger partial charge in [-0.25, -0.2) is 0 Å². The van der Waals surface area contributed by atoms with E-state index in [9.17, 15) is 0 Å². The van der Waals surface area contributed by atoms with Crippen LogP contribution in [0.25, 0.3) is 0 Å². The van der Waals surface area contributed by atoms with E-state index in [0.717, 1.165) is 18.6 Å². The molecule has 1 spiro atoms. The van der Waals surface area contributed by atoms with Gasteiger partial charge in [0.1, 0.15) is 11.9 Å². The largest absolute Gasteiger partial charge is 0.489 e. The lowest BCUT2D eigenvalue weighted by Crippen LogP contribution is -2.51. The van der Waals surface area contributed by atoms with E-state index in [0.29, 0.717) is 25.6 Å². The van der Waals surface area contributed by atoms with Crippen molar-refractivity contribution in [1.29, 1.82) is 0 Å². The summed E-state index contributed by atoms with van der Waals surface area (Å²) >= 11 is 0. The summed E-state index contributed by atoms with van der Waals surface area (Å²) in [5.41, 5.74) is 7.53. The smallest absolute Gasteiger partial charge is 0.172 e. The normalized spacial score (nSPS) is 28.2. The Hall–Kier alpha value is -1.10. The van der Waals surface area contributed by atoms with Gasteiger partial charge in [0.2, 0.25) is 0 Å². The maximum absolute atomic E-state index is 6.22. The number of nitrogens with two attached hydrogens (primary N) is 1. The van der Waals surface area contributed by atoms with Crippen molar-refractivity contribution >= 4 is 0 Å². The highest BCUT2D eigenvalue weighted by Crippen LogP contribution is 2.37. The van der Waals surface area contributed by atoms with Gasteiger partial charge >= 0.3 is 0 Å². The highest BCUT2D eigenvalue weighted by molar-refractivity contribution is 5.29. The Kier molecular flexibility index (Phi) is 4.20. The average Bonchev–Trinajstić information content (AvgIpc) is 2.92. The number of hydrogen-bond donors (Lipinski definition) is 1. The first-order valence-corrected chi connectivity index (χ1v) is 7.88. The minimum absolute atomic E-state index is 0.0354. The first kappa shape index (κ1) is 14.8. The molecule has 116 valence electrons. The van der Waals surface area contributed by atoms with E-state index in [1.54, 1.807) is 0 Å². The molecule has 0 aromatic heterocycles. The molecule has 1 aromatic rings. The van der Waals surface area contributed by atoms with Crippen LogP contribution in [0.1, 0.15) is 44.6 Å². The Morgan fingerprint density at radius 1 is 1.19 bits per heavy atom. The topological polar surface area (TPSA) is 53.7 Å². The van der Waals surface area contributed by atoms with Crippen LogP contribution in [0.15, 0.2) is 24.3 Å². The summed E-state index contributed by atoms with van der Waals surface area (Å²) in [5.74, 6) is 0.938. The van der Waals surface area contributed by atoms with Gasteiger partial charge in [-0.2, -0.15) is 0 Å². The molecule has 1 aromatic carbocycles. The Bertz CT molecular complexity index is 465. The second-order valence-corrected chi connectivity index (χ2v) is 6.39. The second kappa shape index (κ2) is 5.95. The SMILES string of the molecule is CC(C)c1ccc(OC2CC3(CCC2N)OCCO3)cc1. The van der Waals surface area contributed by atoms with Gasteiger partial charge in [0, 0.05) is 18.9 Å². The van der Waals surface area contributed by atoms with Crippen molar-refractivity contribution in [2.24, 2.45) is 5.73 Å². The van der Waals surface area contributed by atoms with Crippen LogP contribution < -0.4 is 10.5 Å². The summed E-state index contributed by atoms with van der Waals surface area (Å²) in [6.45, 7) is 5.72. The number of ether oxygens (including phenoxy) is 3. The molecule has 21 heavy (non-hydrogen) atoms. The van der Waals surface area contributed by atoms with Gasteiger partial charge < -0.3 is 19.9 Å². The molecule has 2 fully saturated rings. The molecule has 4 heteroatoms. The number of benzene rings is 1. The summed E-state index contributed by atoms with van der Waals surface area (Å²) in [6.07, 6.45) is 2.39. The lowest BCUT2D eigenvalue weighted by molar-refractivity contribution is -0.195.